The Hall–Kier alpha value is -4.14. The van der Waals surface area contributed by atoms with Crippen molar-refractivity contribution in [2.45, 2.75) is 26.4 Å². The molecule has 0 saturated carbocycles. The van der Waals surface area contributed by atoms with Gasteiger partial charge in [-0.3, -0.25) is 9.59 Å². The lowest BCUT2D eigenvalue weighted by Gasteiger charge is -2.15. The Morgan fingerprint density at radius 3 is 2.28 bits per heavy atom. The standard InChI is InChI=1S/C23H21FN4O4/c1-13-9-16(5-8-18(13)23(31)32)14(2)28-22(30)20-10-19(26-12-27-20)21(29)25-11-15-3-6-17(24)7-4-15/h3-10,12,14H,11H2,1-2H3,(H,25,29)(H,28,30)(H,31,32). The molecule has 32 heavy (non-hydrogen) atoms. The van der Waals surface area contributed by atoms with Crippen LogP contribution in [0.5, 0.6) is 0 Å². The number of aryl methyl sites for hydroxylation is 1. The second-order valence-corrected chi connectivity index (χ2v) is 7.17. The fourth-order valence-corrected chi connectivity index (χ4v) is 3.03. The topological polar surface area (TPSA) is 121 Å². The van der Waals surface area contributed by atoms with Crippen molar-refractivity contribution in [3.05, 3.63) is 94.3 Å². The molecule has 8 nitrogen and oxygen atoms in total. The number of aromatic nitrogens is 2. The molecular weight excluding hydrogens is 415 g/mol. The summed E-state index contributed by atoms with van der Waals surface area (Å²) in [4.78, 5) is 44.0. The van der Waals surface area contributed by atoms with Crippen LogP contribution < -0.4 is 10.6 Å². The number of halogens is 1. The average Bonchev–Trinajstić information content (AvgIpc) is 2.78. The van der Waals surface area contributed by atoms with E-state index in [1.165, 1.54) is 24.3 Å². The van der Waals surface area contributed by atoms with Crippen LogP contribution >= 0.6 is 0 Å². The predicted octanol–water partition coefficient (Wildman–Crippen LogP) is 3.04. The highest BCUT2D eigenvalue weighted by molar-refractivity contribution is 5.97. The number of hydrogen-bond donors (Lipinski definition) is 3. The number of carbonyl (C=O) groups is 3. The summed E-state index contributed by atoms with van der Waals surface area (Å²) in [5.41, 5.74) is 2.24. The molecule has 9 heteroatoms. The zero-order valence-corrected chi connectivity index (χ0v) is 17.4. The number of carbonyl (C=O) groups excluding carboxylic acids is 2. The number of aromatic carboxylic acids is 1. The molecule has 0 saturated heterocycles. The van der Waals surface area contributed by atoms with Crippen LogP contribution in [0.25, 0.3) is 0 Å². The summed E-state index contributed by atoms with van der Waals surface area (Å²) in [6.07, 6.45) is 1.12. The van der Waals surface area contributed by atoms with Gasteiger partial charge in [0.25, 0.3) is 11.8 Å². The maximum atomic E-state index is 13.0. The maximum Gasteiger partial charge on any atom is 0.335 e. The minimum atomic E-state index is -1.02. The molecule has 1 unspecified atom stereocenters. The third-order valence-corrected chi connectivity index (χ3v) is 4.83. The van der Waals surface area contributed by atoms with E-state index in [-0.39, 0.29) is 29.3 Å². The van der Waals surface area contributed by atoms with Gasteiger partial charge in [0.15, 0.2) is 0 Å². The third-order valence-electron chi connectivity index (χ3n) is 4.83. The summed E-state index contributed by atoms with van der Waals surface area (Å²) in [7, 11) is 0. The molecule has 0 aliphatic rings. The lowest BCUT2D eigenvalue weighted by molar-refractivity contribution is 0.0695. The van der Waals surface area contributed by atoms with Crippen molar-refractivity contribution in [2.24, 2.45) is 0 Å². The number of benzene rings is 2. The summed E-state index contributed by atoms with van der Waals surface area (Å²) in [6, 6.07) is 11.4. The molecule has 2 aromatic carbocycles. The number of nitrogens with zero attached hydrogens (tertiary/aromatic N) is 2. The van der Waals surface area contributed by atoms with Crippen molar-refractivity contribution in [1.29, 1.82) is 0 Å². The van der Waals surface area contributed by atoms with Gasteiger partial charge in [0.05, 0.1) is 11.6 Å². The van der Waals surface area contributed by atoms with Crippen LogP contribution in [0.4, 0.5) is 4.39 Å². The Morgan fingerprint density at radius 2 is 1.66 bits per heavy atom. The van der Waals surface area contributed by atoms with Gasteiger partial charge in [-0.25, -0.2) is 19.2 Å². The normalized spacial score (nSPS) is 11.5. The lowest BCUT2D eigenvalue weighted by Crippen LogP contribution is -2.29. The van der Waals surface area contributed by atoms with Crippen molar-refractivity contribution in [2.75, 3.05) is 0 Å². The van der Waals surface area contributed by atoms with Crippen LogP contribution in [0.3, 0.4) is 0 Å². The quantitative estimate of drug-likeness (QED) is 0.523. The average molecular weight is 436 g/mol. The minimum absolute atomic E-state index is 0.0117. The van der Waals surface area contributed by atoms with Crippen LogP contribution in [-0.2, 0) is 6.54 Å². The highest BCUT2D eigenvalue weighted by Crippen LogP contribution is 2.18. The van der Waals surface area contributed by atoms with Gasteiger partial charge in [-0.15, -0.1) is 0 Å². The highest BCUT2D eigenvalue weighted by atomic mass is 19.1. The van der Waals surface area contributed by atoms with Crippen molar-refractivity contribution in [3.63, 3.8) is 0 Å². The van der Waals surface area contributed by atoms with E-state index in [2.05, 4.69) is 20.6 Å². The Kier molecular flexibility index (Phi) is 6.89. The first-order valence-corrected chi connectivity index (χ1v) is 9.74. The van der Waals surface area contributed by atoms with Gasteiger partial charge in [0.1, 0.15) is 23.5 Å². The zero-order valence-electron chi connectivity index (χ0n) is 17.4. The summed E-state index contributed by atoms with van der Waals surface area (Å²) in [6.45, 7) is 3.61. The molecule has 1 aromatic heterocycles. The molecule has 0 fully saturated rings. The predicted molar refractivity (Wildman–Crippen MR) is 114 cm³/mol. The van der Waals surface area contributed by atoms with Crippen LogP contribution in [0.1, 0.15) is 61.0 Å². The van der Waals surface area contributed by atoms with E-state index in [9.17, 15) is 18.8 Å². The largest absolute Gasteiger partial charge is 0.478 e. The fourth-order valence-electron chi connectivity index (χ4n) is 3.03. The van der Waals surface area contributed by atoms with E-state index in [1.807, 2.05) is 0 Å². The van der Waals surface area contributed by atoms with Crippen molar-refractivity contribution >= 4 is 17.8 Å². The van der Waals surface area contributed by atoms with E-state index < -0.39 is 23.8 Å². The molecule has 0 bridgehead atoms. The van der Waals surface area contributed by atoms with Crippen LogP contribution in [0.15, 0.2) is 54.9 Å². The number of amides is 2. The van der Waals surface area contributed by atoms with E-state index in [0.717, 1.165) is 11.9 Å². The second-order valence-electron chi connectivity index (χ2n) is 7.17. The Morgan fingerprint density at radius 1 is 1.00 bits per heavy atom. The molecule has 3 aromatic rings. The summed E-state index contributed by atoms with van der Waals surface area (Å²) >= 11 is 0. The number of rotatable bonds is 7. The van der Waals surface area contributed by atoms with Gasteiger partial charge in [0.2, 0.25) is 0 Å². The number of carboxylic acid groups (broad SMARTS) is 1. The molecule has 3 N–H and O–H groups in total. The molecule has 0 aliphatic carbocycles. The maximum absolute atomic E-state index is 13.0. The van der Waals surface area contributed by atoms with Crippen LogP contribution in [0.2, 0.25) is 0 Å². The molecule has 164 valence electrons. The van der Waals surface area contributed by atoms with E-state index in [1.54, 1.807) is 38.1 Å². The van der Waals surface area contributed by atoms with Gasteiger partial charge >= 0.3 is 5.97 Å². The van der Waals surface area contributed by atoms with Crippen LogP contribution in [0, 0.1) is 12.7 Å². The molecular formula is C23H21FN4O4. The number of nitrogens with one attached hydrogen (secondary N) is 2. The second kappa shape index (κ2) is 9.78. The molecule has 0 aliphatic heterocycles. The fraction of sp³-hybridized carbons (Fsp3) is 0.174. The number of carboxylic acids is 1. The number of hydrogen-bond acceptors (Lipinski definition) is 5. The molecule has 0 radical (unpaired) electrons. The van der Waals surface area contributed by atoms with Gasteiger partial charge < -0.3 is 15.7 Å². The Labute approximate surface area is 183 Å². The van der Waals surface area contributed by atoms with Gasteiger partial charge in [-0.1, -0.05) is 24.3 Å². The summed E-state index contributed by atoms with van der Waals surface area (Å²) < 4.78 is 13.0. The lowest BCUT2D eigenvalue weighted by atomic mass is 10.0. The van der Waals surface area contributed by atoms with Gasteiger partial charge in [-0.2, -0.15) is 0 Å². The van der Waals surface area contributed by atoms with E-state index in [4.69, 9.17) is 5.11 Å². The minimum Gasteiger partial charge on any atom is -0.478 e. The van der Waals surface area contributed by atoms with Gasteiger partial charge in [0, 0.05) is 12.6 Å². The van der Waals surface area contributed by atoms with Crippen LogP contribution in [-0.4, -0.2) is 32.9 Å². The first-order chi connectivity index (χ1) is 15.2. The monoisotopic (exact) mass is 436 g/mol. The molecule has 1 heterocycles. The Bertz CT molecular complexity index is 1160. The van der Waals surface area contributed by atoms with Crippen molar-refractivity contribution < 1.29 is 23.9 Å². The molecule has 0 spiro atoms. The summed E-state index contributed by atoms with van der Waals surface area (Å²) in [5.74, 6) is -2.39. The molecule has 1 atom stereocenters. The SMILES string of the molecule is Cc1cc(C(C)NC(=O)c2cc(C(=O)NCc3ccc(F)cc3)ncn2)ccc1C(=O)O. The molecule has 2 amide bonds. The van der Waals surface area contributed by atoms with Gasteiger partial charge in [-0.05, 0) is 48.7 Å². The first-order valence-electron chi connectivity index (χ1n) is 9.74. The smallest absolute Gasteiger partial charge is 0.335 e. The summed E-state index contributed by atoms with van der Waals surface area (Å²) in [5, 5.41) is 14.6. The Balaban J connectivity index is 1.65. The van der Waals surface area contributed by atoms with E-state index >= 15 is 0 Å². The third kappa shape index (κ3) is 5.51. The van der Waals surface area contributed by atoms with Crippen molar-refractivity contribution in [3.8, 4) is 0 Å². The highest BCUT2D eigenvalue weighted by Gasteiger charge is 2.17. The van der Waals surface area contributed by atoms with Crippen molar-refractivity contribution in [1.82, 2.24) is 20.6 Å². The molecule has 3 rings (SSSR count). The van der Waals surface area contributed by atoms with E-state index in [0.29, 0.717) is 11.1 Å². The first kappa shape index (κ1) is 22.5. The zero-order chi connectivity index (χ0) is 23.3.